The molecule has 2 rings (SSSR count). The molecule has 0 aromatic heterocycles. The van der Waals surface area contributed by atoms with E-state index >= 15 is 0 Å². The third kappa shape index (κ3) is 4.83. The van der Waals surface area contributed by atoms with Gasteiger partial charge in [0, 0.05) is 17.3 Å². The van der Waals surface area contributed by atoms with E-state index in [0.717, 1.165) is 12.8 Å². The topological polar surface area (TPSA) is 12.0 Å². The fraction of sp³-hybridized carbons (Fsp3) is 0.636. The molecular formula is C22H33F2N. The van der Waals surface area contributed by atoms with Crippen molar-refractivity contribution in [2.24, 2.45) is 11.3 Å². The molecule has 0 radical (unpaired) electrons. The van der Waals surface area contributed by atoms with Gasteiger partial charge in [-0.2, -0.15) is 0 Å². The van der Waals surface area contributed by atoms with Crippen LogP contribution in [0, 0.1) is 29.9 Å². The quantitative estimate of drug-likeness (QED) is 0.501. The molecule has 0 saturated heterocycles. The molecule has 2 unspecified atom stereocenters. The number of unbranched alkanes of at least 4 members (excludes halogenated alkanes) is 1. The number of hydrogen-bond acceptors (Lipinski definition) is 1. The summed E-state index contributed by atoms with van der Waals surface area (Å²) in [6, 6.07) is 2.80. The molecule has 1 aliphatic rings. The van der Waals surface area contributed by atoms with Crippen LogP contribution in [0.4, 0.5) is 8.78 Å². The van der Waals surface area contributed by atoms with Gasteiger partial charge in [0.15, 0.2) is 0 Å². The lowest BCUT2D eigenvalue weighted by Crippen LogP contribution is -2.41. The van der Waals surface area contributed by atoms with Crippen molar-refractivity contribution < 1.29 is 8.78 Å². The molecule has 1 nitrogen and oxygen atoms in total. The normalized spacial score (nSPS) is 17.8. The van der Waals surface area contributed by atoms with Crippen molar-refractivity contribution in [2.45, 2.75) is 78.7 Å². The van der Waals surface area contributed by atoms with Gasteiger partial charge in [0.25, 0.3) is 0 Å². The first-order valence-electron chi connectivity index (χ1n) is 9.73. The molecule has 0 bridgehead atoms. The van der Waals surface area contributed by atoms with Crippen LogP contribution in [0.3, 0.4) is 0 Å². The van der Waals surface area contributed by atoms with Crippen molar-refractivity contribution in [1.82, 2.24) is 5.32 Å². The van der Waals surface area contributed by atoms with E-state index in [9.17, 15) is 8.78 Å². The van der Waals surface area contributed by atoms with E-state index in [1.54, 1.807) is 6.92 Å². The Hall–Kier alpha value is -1.38. The molecule has 140 valence electrons. The van der Waals surface area contributed by atoms with E-state index in [2.05, 4.69) is 32.7 Å². The van der Waals surface area contributed by atoms with Crippen molar-refractivity contribution in [1.29, 1.82) is 0 Å². The van der Waals surface area contributed by atoms with Crippen molar-refractivity contribution in [3.63, 3.8) is 0 Å². The van der Waals surface area contributed by atoms with Gasteiger partial charge in [0.2, 0.25) is 0 Å². The number of benzene rings is 1. The summed E-state index contributed by atoms with van der Waals surface area (Å²) < 4.78 is 28.2. The number of halogens is 2. The fourth-order valence-electron chi connectivity index (χ4n) is 3.83. The smallest absolute Gasteiger partial charge is 0.132 e. The molecule has 1 aliphatic carbocycles. The Bertz CT molecular complexity index is 604. The Balaban J connectivity index is 2.22. The molecule has 0 amide bonds. The van der Waals surface area contributed by atoms with E-state index in [1.165, 1.54) is 44.2 Å². The SMILES string of the molecule is C=C(NC(C(CCC)CCCC)C1(C)CC1)c1cc(F)c(C)cc1F. The highest BCUT2D eigenvalue weighted by Crippen LogP contribution is 2.52. The van der Waals surface area contributed by atoms with Gasteiger partial charge in [-0.1, -0.05) is 46.6 Å². The van der Waals surface area contributed by atoms with Gasteiger partial charge in [0.1, 0.15) is 11.6 Å². The van der Waals surface area contributed by atoms with Crippen LogP contribution in [0.1, 0.15) is 76.8 Å². The second kappa shape index (κ2) is 8.33. The lowest BCUT2D eigenvalue weighted by atomic mass is 9.80. The Morgan fingerprint density at radius 2 is 1.84 bits per heavy atom. The molecule has 0 spiro atoms. The van der Waals surface area contributed by atoms with Gasteiger partial charge in [-0.15, -0.1) is 0 Å². The molecule has 1 fully saturated rings. The van der Waals surface area contributed by atoms with E-state index in [4.69, 9.17) is 0 Å². The van der Waals surface area contributed by atoms with E-state index < -0.39 is 5.82 Å². The first-order valence-corrected chi connectivity index (χ1v) is 9.73. The minimum Gasteiger partial charge on any atom is -0.381 e. The summed E-state index contributed by atoms with van der Waals surface area (Å²) in [7, 11) is 0. The minimum absolute atomic E-state index is 0.246. The molecular weight excluding hydrogens is 316 g/mol. The van der Waals surface area contributed by atoms with Crippen LogP contribution in [0.2, 0.25) is 0 Å². The maximum Gasteiger partial charge on any atom is 0.132 e. The monoisotopic (exact) mass is 349 g/mol. The Morgan fingerprint density at radius 3 is 2.40 bits per heavy atom. The van der Waals surface area contributed by atoms with Crippen molar-refractivity contribution in [3.05, 3.63) is 41.5 Å². The number of rotatable bonds is 10. The second-order valence-electron chi connectivity index (χ2n) is 8.03. The Morgan fingerprint density at radius 1 is 1.16 bits per heavy atom. The summed E-state index contributed by atoms with van der Waals surface area (Å²) in [6.45, 7) is 12.4. The predicted molar refractivity (Wildman–Crippen MR) is 102 cm³/mol. The molecule has 3 heteroatoms. The lowest BCUT2D eigenvalue weighted by molar-refractivity contribution is 0.246. The van der Waals surface area contributed by atoms with E-state index in [1.807, 2.05) is 0 Å². The standard InChI is InChI=1S/C22H33F2N/c1-6-8-10-17(9-7-2)21(22(5)11-12-22)25-16(4)18-14-19(23)15(3)13-20(18)24/h13-14,17,21,25H,4,6-12H2,1-3,5H3. The molecule has 1 N–H and O–H groups in total. The van der Waals surface area contributed by atoms with Crippen LogP contribution in [0.25, 0.3) is 5.70 Å². The van der Waals surface area contributed by atoms with Crippen molar-refractivity contribution in [2.75, 3.05) is 0 Å². The maximum absolute atomic E-state index is 14.3. The van der Waals surface area contributed by atoms with Crippen molar-refractivity contribution in [3.8, 4) is 0 Å². The van der Waals surface area contributed by atoms with Crippen LogP contribution < -0.4 is 5.32 Å². The van der Waals surface area contributed by atoms with Crippen LogP contribution >= 0.6 is 0 Å². The highest BCUT2D eigenvalue weighted by Gasteiger charge is 2.47. The first kappa shape index (κ1) is 19.9. The second-order valence-corrected chi connectivity index (χ2v) is 8.03. The van der Waals surface area contributed by atoms with Crippen LogP contribution in [-0.2, 0) is 0 Å². The number of hydrogen-bond donors (Lipinski definition) is 1. The van der Waals surface area contributed by atoms with Gasteiger partial charge in [-0.05, 0) is 61.6 Å². The van der Waals surface area contributed by atoms with Crippen LogP contribution in [0.5, 0.6) is 0 Å². The molecule has 0 aliphatic heterocycles. The maximum atomic E-state index is 14.3. The summed E-state index contributed by atoms with van der Waals surface area (Å²) in [6.07, 6.45) is 8.24. The Labute approximate surface area is 151 Å². The molecule has 0 heterocycles. The zero-order valence-corrected chi connectivity index (χ0v) is 16.2. The zero-order valence-electron chi connectivity index (χ0n) is 16.2. The fourth-order valence-corrected chi connectivity index (χ4v) is 3.83. The minimum atomic E-state index is -0.406. The third-order valence-electron chi connectivity index (χ3n) is 5.75. The summed E-state index contributed by atoms with van der Waals surface area (Å²) in [5.74, 6) is -0.242. The summed E-state index contributed by atoms with van der Waals surface area (Å²) in [5, 5.41) is 3.52. The third-order valence-corrected chi connectivity index (χ3v) is 5.75. The molecule has 2 atom stereocenters. The van der Waals surface area contributed by atoms with Gasteiger partial charge in [0.05, 0.1) is 0 Å². The van der Waals surface area contributed by atoms with Crippen LogP contribution in [0.15, 0.2) is 18.7 Å². The first-order chi connectivity index (χ1) is 11.8. The van der Waals surface area contributed by atoms with Gasteiger partial charge in [-0.25, -0.2) is 8.78 Å². The number of nitrogens with one attached hydrogen (secondary N) is 1. The average Bonchev–Trinajstić information content (AvgIpc) is 3.31. The highest BCUT2D eigenvalue weighted by atomic mass is 19.1. The van der Waals surface area contributed by atoms with Crippen molar-refractivity contribution >= 4 is 5.70 Å². The highest BCUT2D eigenvalue weighted by molar-refractivity contribution is 5.63. The predicted octanol–water partition coefficient (Wildman–Crippen LogP) is 6.61. The molecule has 1 saturated carbocycles. The van der Waals surface area contributed by atoms with Crippen LogP contribution in [-0.4, -0.2) is 6.04 Å². The van der Waals surface area contributed by atoms with Gasteiger partial charge < -0.3 is 5.32 Å². The average molecular weight is 350 g/mol. The lowest BCUT2D eigenvalue weighted by Gasteiger charge is -2.35. The van der Waals surface area contributed by atoms with E-state index in [0.29, 0.717) is 17.2 Å². The number of aryl methyl sites for hydroxylation is 1. The zero-order chi connectivity index (χ0) is 18.6. The molecule has 1 aromatic carbocycles. The van der Waals surface area contributed by atoms with E-state index in [-0.39, 0.29) is 22.8 Å². The largest absolute Gasteiger partial charge is 0.381 e. The Kier molecular flexibility index (Phi) is 6.65. The summed E-state index contributed by atoms with van der Waals surface area (Å²) >= 11 is 0. The van der Waals surface area contributed by atoms with Gasteiger partial charge >= 0.3 is 0 Å². The molecule has 1 aromatic rings. The summed E-state index contributed by atoms with van der Waals surface area (Å²) in [4.78, 5) is 0. The molecule has 25 heavy (non-hydrogen) atoms. The van der Waals surface area contributed by atoms with Gasteiger partial charge in [-0.3, -0.25) is 0 Å². The summed E-state index contributed by atoms with van der Waals surface area (Å²) in [5.41, 5.74) is 1.33.